The molecule has 1 saturated heterocycles. The Morgan fingerprint density at radius 3 is 2.82 bits per heavy atom. The Labute approximate surface area is 130 Å². The van der Waals surface area contributed by atoms with E-state index in [2.05, 4.69) is 21.9 Å². The summed E-state index contributed by atoms with van der Waals surface area (Å²) >= 11 is 0. The lowest BCUT2D eigenvalue weighted by atomic mass is 9.88. The van der Waals surface area contributed by atoms with Gasteiger partial charge >= 0.3 is 0 Å². The number of carbonyl (C=O) groups is 1. The molecule has 1 aromatic rings. The average molecular weight is 304 g/mol. The highest BCUT2D eigenvalue weighted by atomic mass is 16.2. The summed E-state index contributed by atoms with van der Waals surface area (Å²) in [5, 5.41) is 0. The summed E-state index contributed by atoms with van der Waals surface area (Å²) in [7, 11) is 3.99. The van der Waals surface area contributed by atoms with Crippen molar-refractivity contribution in [2.24, 2.45) is 11.8 Å². The van der Waals surface area contributed by atoms with Crippen molar-refractivity contribution < 1.29 is 4.79 Å². The third kappa shape index (κ3) is 3.06. The number of aromatic amines is 1. The van der Waals surface area contributed by atoms with Crippen molar-refractivity contribution in [3.63, 3.8) is 0 Å². The van der Waals surface area contributed by atoms with Gasteiger partial charge in [0.25, 0.3) is 5.56 Å². The van der Waals surface area contributed by atoms with Gasteiger partial charge in [0.05, 0.1) is 5.69 Å². The van der Waals surface area contributed by atoms with E-state index in [9.17, 15) is 9.59 Å². The quantitative estimate of drug-likeness (QED) is 0.895. The average Bonchev–Trinajstić information content (AvgIpc) is 2.81. The van der Waals surface area contributed by atoms with Crippen molar-refractivity contribution >= 4 is 5.91 Å². The van der Waals surface area contributed by atoms with Crippen LogP contribution >= 0.6 is 0 Å². The van der Waals surface area contributed by atoms with Gasteiger partial charge in [0.1, 0.15) is 5.82 Å². The number of aryl methyl sites for hydroxylation is 1. The van der Waals surface area contributed by atoms with Gasteiger partial charge in [-0.05, 0) is 38.6 Å². The summed E-state index contributed by atoms with van der Waals surface area (Å²) in [6.07, 6.45) is 2.89. The largest absolute Gasteiger partial charge is 0.345 e. The molecule has 0 aromatic carbocycles. The van der Waals surface area contributed by atoms with Gasteiger partial charge in [-0.2, -0.15) is 0 Å². The Morgan fingerprint density at radius 1 is 1.36 bits per heavy atom. The maximum atomic E-state index is 11.8. The van der Waals surface area contributed by atoms with Crippen LogP contribution in [0.1, 0.15) is 30.8 Å². The van der Waals surface area contributed by atoms with Gasteiger partial charge in [0, 0.05) is 38.7 Å². The van der Waals surface area contributed by atoms with E-state index in [1.54, 1.807) is 13.0 Å². The molecule has 0 bridgehead atoms. The summed E-state index contributed by atoms with van der Waals surface area (Å²) in [4.78, 5) is 34.6. The van der Waals surface area contributed by atoms with Crippen LogP contribution in [0.4, 0.5) is 0 Å². The van der Waals surface area contributed by atoms with Crippen molar-refractivity contribution in [2.45, 2.75) is 38.8 Å². The van der Waals surface area contributed by atoms with Gasteiger partial charge < -0.3 is 9.88 Å². The Bertz CT molecular complexity index is 627. The molecule has 120 valence electrons. The number of likely N-dealkylation sites (tertiary alicyclic amines) is 1. The zero-order chi connectivity index (χ0) is 15.9. The third-order valence-corrected chi connectivity index (χ3v) is 5.14. The predicted molar refractivity (Wildman–Crippen MR) is 83.3 cm³/mol. The first-order valence-corrected chi connectivity index (χ1v) is 7.93. The van der Waals surface area contributed by atoms with Crippen LogP contribution in [0, 0.1) is 18.8 Å². The molecule has 1 saturated carbocycles. The van der Waals surface area contributed by atoms with Crippen LogP contribution < -0.4 is 5.56 Å². The molecule has 2 heterocycles. The number of fused-ring (bicyclic) bond motifs is 1. The van der Waals surface area contributed by atoms with E-state index < -0.39 is 0 Å². The number of nitrogens with one attached hydrogen (secondary N) is 1. The molecule has 1 amide bonds. The van der Waals surface area contributed by atoms with E-state index in [1.807, 2.05) is 11.9 Å². The number of hydrogen-bond acceptors (Lipinski definition) is 4. The second-order valence-corrected chi connectivity index (χ2v) is 6.86. The van der Waals surface area contributed by atoms with Gasteiger partial charge in [-0.15, -0.1) is 0 Å². The number of hydrogen-bond donors (Lipinski definition) is 1. The normalized spacial score (nSPS) is 28.3. The van der Waals surface area contributed by atoms with Crippen LogP contribution in [0.15, 0.2) is 10.9 Å². The third-order valence-electron chi connectivity index (χ3n) is 5.14. The molecule has 0 unspecified atom stereocenters. The highest BCUT2D eigenvalue weighted by Gasteiger charge is 2.41. The van der Waals surface area contributed by atoms with E-state index in [0.717, 1.165) is 25.1 Å². The lowest BCUT2D eigenvalue weighted by Gasteiger charge is -2.31. The van der Waals surface area contributed by atoms with Crippen molar-refractivity contribution in [3.05, 3.63) is 27.9 Å². The van der Waals surface area contributed by atoms with E-state index in [0.29, 0.717) is 36.7 Å². The SMILES string of the molecule is Cc1nc(CN(C)[C@@H]2C[C@@H]3CC(=O)N(C)C[C@@H]3C2)cc(=O)[nH]1. The van der Waals surface area contributed by atoms with E-state index >= 15 is 0 Å². The summed E-state index contributed by atoms with van der Waals surface area (Å²) in [6, 6.07) is 2.04. The van der Waals surface area contributed by atoms with Crippen LogP contribution in [0.25, 0.3) is 0 Å². The molecule has 22 heavy (non-hydrogen) atoms. The minimum absolute atomic E-state index is 0.0942. The second-order valence-electron chi connectivity index (χ2n) is 6.86. The molecule has 3 atom stereocenters. The van der Waals surface area contributed by atoms with E-state index in [-0.39, 0.29) is 11.5 Å². The number of nitrogens with zero attached hydrogens (tertiary/aromatic N) is 3. The Balaban J connectivity index is 1.65. The molecule has 1 aliphatic carbocycles. The zero-order valence-electron chi connectivity index (χ0n) is 13.5. The summed E-state index contributed by atoms with van der Waals surface area (Å²) in [6.45, 7) is 3.37. The van der Waals surface area contributed by atoms with Gasteiger partial charge in [0.2, 0.25) is 5.91 Å². The first-order chi connectivity index (χ1) is 10.4. The summed E-state index contributed by atoms with van der Waals surface area (Å²) in [5.41, 5.74) is 0.718. The first kappa shape index (κ1) is 15.2. The Kier molecular flexibility index (Phi) is 4.04. The van der Waals surface area contributed by atoms with E-state index in [4.69, 9.17) is 0 Å². The molecule has 6 nitrogen and oxygen atoms in total. The maximum Gasteiger partial charge on any atom is 0.251 e. The smallest absolute Gasteiger partial charge is 0.251 e. The van der Waals surface area contributed by atoms with Crippen LogP contribution in [0.3, 0.4) is 0 Å². The number of piperidine rings is 1. The van der Waals surface area contributed by atoms with Gasteiger partial charge in [-0.25, -0.2) is 4.98 Å². The van der Waals surface area contributed by atoms with Crippen LogP contribution in [-0.4, -0.2) is 52.4 Å². The van der Waals surface area contributed by atoms with Crippen molar-refractivity contribution in [1.82, 2.24) is 19.8 Å². The molecule has 1 aliphatic heterocycles. The molecule has 1 N–H and O–H groups in total. The first-order valence-electron chi connectivity index (χ1n) is 7.93. The molecule has 2 aliphatic rings. The monoisotopic (exact) mass is 304 g/mol. The zero-order valence-corrected chi connectivity index (χ0v) is 13.5. The Hall–Kier alpha value is -1.69. The van der Waals surface area contributed by atoms with Crippen LogP contribution in [0.5, 0.6) is 0 Å². The lowest BCUT2D eigenvalue weighted by Crippen LogP contribution is -2.39. The molecule has 0 radical (unpaired) electrons. The molecular weight excluding hydrogens is 280 g/mol. The number of carbonyl (C=O) groups excluding carboxylic acids is 1. The minimum Gasteiger partial charge on any atom is -0.345 e. The van der Waals surface area contributed by atoms with Gasteiger partial charge in [-0.3, -0.25) is 14.5 Å². The van der Waals surface area contributed by atoms with E-state index in [1.165, 1.54) is 0 Å². The molecule has 6 heteroatoms. The molecule has 3 rings (SSSR count). The van der Waals surface area contributed by atoms with Crippen molar-refractivity contribution in [2.75, 3.05) is 20.6 Å². The highest BCUT2D eigenvalue weighted by molar-refractivity contribution is 5.77. The fraction of sp³-hybridized carbons (Fsp3) is 0.688. The summed E-state index contributed by atoms with van der Waals surface area (Å²) < 4.78 is 0. The molecule has 0 spiro atoms. The van der Waals surface area contributed by atoms with Crippen molar-refractivity contribution in [1.29, 1.82) is 0 Å². The van der Waals surface area contributed by atoms with Gasteiger partial charge in [0.15, 0.2) is 0 Å². The topological polar surface area (TPSA) is 69.3 Å². The summed E-state index contributed by atoms with van der Waals surface area (Å²) in [5.74, 6) is 2.06. The van der Waals surface area contributed by atoms with Crippen LogP contribution in [-0.2, 0) is 11.3 Å². The fourth-order valence-electron chi connectivity index (χ4n) is 3.95. The molecular formula is C16H24N4O2. The minimum atomic E-state index is -0.0942. The maximum absolute atomic E-state index is 11.8. The highest BCUT2D eigenvalue weighted by Crippen LogP contribution is 2.40. The molecule has 1 aromatic heterocycles. The number of H-pyrrole nitrogens is 1. The number of rotatable bonds is 3. The lowest BCUT2D eigenvalue weighted by molar-refractivity contribution is -0.134. The Morgan fingerprint density at radius 2 is 2.09 bits per heavy atom. The van der Waals surface area contributed by atoms with Crippen LogP contribution in [0.2, 0.25) is 0 Å². The second kappa shape index (κ2) is 5.83. The fourth-order valence-corrected chi connectivity index (χ4v) is 3.95. The predicted octanol–water partition coefficient (Wildman–Crippen LogP) is 0.767. The van der Waals surface area contributed by atoms with Gasteiger partial charge in [-0.1, -0.05) is 0 Å². The number of aromatic nitrogens is 2. The standard InChI is InChI=1S/C16H24N4O2/c1-10-17-13(7-15(21)18-10)9-19(2)14-4-11-6-16(22)20(3)8-12(11)5-14/h7,11-12,14H,4-6,8-9H2,1-3H3,(H,17,18,21)/t11-,12+,14-/m1/s1. The number of amides is 1. The molecule has 2 fully saturated rings. The van der Waals surface area contributed by atoms with Crippen molar-refractivity contribution in [3.8, 4) is 0 Å².